The van der Waals surface area contributed by atoms with E-state index in [9.17, 15) is 0 Å². The number of methoxy groups -OCH3 is 4. The summed E-state index contributed by atoms with van der Waals surface area (Å²) in [5.74, 6) is 2.09. The molecule has 0 amide bonds. The lowest BCUT2D eigenvalue weighted by Gasteiger charge is -2.32. The normalized spacial score (nSPS) is 14.6. The van der Waals surface area contributed by atoms with Crippen molar-refractivity contribution in [3.63, 3.8) is 0 Å². The minimum Gasteiger partial charge on any atom is -0.497 e. The zero-order chi connectivity index (χ0) is 33.7. The summed E-state index contributed by atoms with van der Waals surface area (Å²) in [6, 6.07) is 27.1. The van der Waals surface area contributed by atoms with Gasteiger partial charge in [0.25, 0.3) is 5.84 Å². The molecule has 2 aliphatic heterocycles. The molecule has 0 N–H and O–H groups in total. The lowest BCUT2D eigenvalue weighted by molar-refractivity contribution is -0.291. The van der Waals surface area contributed by atoms with Gasteiger partial charge in [-0.05, 0) is 70.7 Å². The molecule has 0 aliphatic carbocycles. The van der Waals surface area contributed by atoms with Crippen molar-refractivity contribution in [1.82, 2.24) is 4.48 Å². The van der Waals surface area contributed by atoms with E-state index in [0.29, 0.717) is 45.3 Å². The molecule has 1 aromatic heterocycles. The van der Waals surface area contributed by atoms with Crippen LogP contribution in [0.3, 0.4) is 0 Å². The van der Waals surface area contributed by atoms with Crippen molar-refractivity contribution in [3.8, 4) is 45.4 Å². The number of aromatic nitrogens is 1. The smallest absolute Gasteiger partial charge is 0.497 e. The summed E-state index contributed by atoms with van der Waals surface area (Å²) in [6.07, 6.45) is 1.72. The van der Waals surface area contributed by atoms with Crippen LogP contribution in [0, 0.1) is 0 Å². The van der Waals surface area contributed by atoms with Gasteiger partial charge >= 0.3 is 6.97 Å². The lowest BCUT2D eigenvalue weighted by atomic mass is 9.89. The fraction of sp³-hybridized carbons (Fsp3) is 0.111. The van der Waals surface area contributed by atoms with Crippen molar-refractivity contribution < 1.29 is 32.1 Å². The molecule has 0 spiro atoms. The molecular formula is C36H28BBr2F2N3O4. The van der Waals surface area contributed by atoms with Gasteiger partial charge in [0, 0.05) is 49.5 Å². The van der Waals surface area contributed by atoms with Crippen LogP contribution in [0.25, 0.3) is 28.0 Å². The number of ether oxygens (including phenoxy) is 4. The van der Waals surface area contributed by atoms with Gasteiger partial charge in [0.05, 0.1) is 34.0 Å². The number of hydrogen-bond acceptors (Lipinski definition) is 5. The number of nitrogens with zero attached hydrogens (tertiary/aromatic N) is 3. The number of halogens is 4. The summed E-state index contributed by atoms with van der Waals surface area (Å²) in [5.41, 5.74) is 4.04. The summed E-state index contributed by atoms with van der Waals surface area (Å²) in [6.45, 7) is -4.58. The van der Waals surface area contributed by atoms with Crippen LogP contribution in [-0.2, 0) is 0 Å². The van der Waals surface area contributed by atoms with E-state index in [4.69, 9.17) is 23.9 Å². The van der Waals surface area contributed by atoms with Crippen LogP contribution >= 0.6 is 31.9 Å². The summed E-state index contributed by atoms with van der Waals surface area (Å²) >= 11 is 6.98. The van der Waals surface area contributed by atoms with E-state index in [0.717, 1.165) is 29.0 Å². The van der Waals surface area contributed by atoms with Gasteiger partial charge in [-0.15, -0.1) is 0 Å². The van der Waals surface area contributed by atoms with Crippen molar-refractivity contribution in [3.05, 3.63) is 117 Å². The SMILES string of the molecule is COc1ccc(C2=[N+]3C(=Nc4c(-c5ccc(Br)cc5)cc(-c5ccc(OC)cc5OC)n4[B-]3(F)F)C=C2c2ccc(Br)cc2)c(OC)c1. The molecule has 4 aromatic carbocycles. The summed E-state index contributed by atoms with van der Waals surface area (Å²) < 4.78 is 61.8. The predicted molar refractivity (Wildman–Crippen MR) is 193 cm³/mol. The Morgan fingerprint density at radius 1 is 0.646 bits per heavy atom. The van der Waals surface area contributed by atoms with Gasteiger partial charge in [0.1, 0.15) is 28.7 Å². The Bertz CT molecular complexity index is 2180. The van der Waals surface area contributed by atoms with E-state index in [1.807, 2.05) is 48.5 Å². The van der Waals surface area contributed by atoms with Crippen LogP contribution in [0.5, 0.6) is 23.0 Å². The molecule has 0 radical (unpaired) electrons. The second-order valence-corrected chi connectivity index (χ2v) is 12.9. The molecular weight excluding hydrogens is 747 g/mol. The van der Waals surface area contributed by atoms with E-state index in [2.05, 4.69) is 31.9 Å². The Hall–Kier alpha value is -4.68. The van der Waals surface area contributed by atoms with Crippen molar-refractivity contribution >= 4 is 61.8 Å². The molecule has 48 heavy (non-hydrogen) atoms. The second-order valence-electron chi connectivity index (χ2n) is 11.1. The van der Waals surface area contributed by atoms with Crippen LogP contribution in [-0.4, -0.2) is 55.9 Å². The average molecular weight is 775 g/mol. The first-order valence-corrected chi connectivity index (χ1v) is 16.5. The van der Waals surface area contributed by atoms with E-state index in [1.54, 1.807) is 62.8 Å². The summed E-state index contributed by atoms with van der Waals surface area (Å²) in [7, 11) is 6.10. The average Bonchev–Trinajstić information content (AvgIpc) is 3.69. The highest BCUT2D eigenvalue weighted by Crippen LogP contribution is 2.48. The van der Waals surface area contributed by atoms with Crippen molar-refractivity contribution in [2.24, 2.45) is 4.99 Å². The monoisotopic (exact) mass is 773 g/mol. The third-order valence-corrected chi connectivity index (χ3v) is 9.58. The first kappa shape index (κ1) is 31.9. The van der Waals surface area contributed by atoms with Crippen LogP contribution in [0.15, 0.2) is 111 Å². The summed E-state index contributed by atoms with van der Waals surface area (Å²) in [5, 5.41) is 0. The molecule has 12 heteroatoms. The largest absolute Gasteiger partial charge is 0.642 e. The van der Waals surface area contributed by atoms with Gasteiger partial charge in [-0.1, -0.05) is 56.1 Å². The van der Waals surface area contributed by atoms with E-state index in [-0.39, 0.29) is 23.1 Å². The molecule has 5 aromatic rings. The van der Waals surface area contributed by atoms with Crippen LogP contribution in [0.4, 0.5) is 14.4 Å². The van der Waals surface area contributed by atoms with Crippen LogP contribution in [0.2, 0.25) is 0 Å². The molecule has 7 nitrogen and oxygen atoms in total. The van der Waals surface area contributed by atoms with Gasteiger partial charge in [0.2, 0.25) is 5.82 Å². The van der Waals surface area contributed by atoms with Gasteiger partial charge < -0.3 is 36.5 Å². The maximum atomic E-state index is 17.8. The Balaban J connectivity index is 1.57. The molecule has 2 aliphatic rings. The summed E-state index contributed by atoms with van der Waals surface area (Å²) in [4.78, 5) is 4.99. The van der Waals surface area contributed by atoms with Gasteiger partial charge in [-0.3, -0.25) is 0 Å². The minimum absolute atomic E-state index is 0.114. The molecule has 3 heterocycles. The first-order chi connectivity index (χ1) is 23.2. The molecule has 0 saturated heterocycles. The standard InChI is InChI=1S/C36H28BBr2F2N3O4/c1-45-25-13-15-27(32(17-25)47-3)31-19-30(22-7-11-24(39)12-8-22)36-42-34-20-29(21-5-9-23(38)10-6-21)35(44(34)37(40,41)43(31)36)28-16-14-26(46-2)18-33(28)48-4/h5-20H,1-4H3. The van der Waals surface area contributed by atoms with Crippen molar-refractivity contribution in [1.29, 1.82) is 0 Å². The number of rotatable bonds is 8. The molecule has 7 rings (SSSR count). The van der Waals surface area contributed by atoms with Gasteiger partial charge in [0.15, 0.2) is 0 Å². The van der Waals surface area contributed by atoms with E-state index < -0.39 is 6.97 Å². The van der Waals surface area contributed by atoms with E-state index in [1.165, 1.54) is 14.2 Å². The van der Waals surface area contributed by atoms with Crippen LogP contribution in [0.1, 0.15) is 11.1 Å². The van der Waals surface area contributed by atoms with Crippen molar-refractivity contribution in [2.45, 2.75) is 0 Å². The number of amidine groups is 1. The number of fused-ring (bicyclic) bond motifs is 2. The molecule has 0 saturated carbocycles. The maximum absolute atomic E-state index is 17.8. The molecule has 0 fully saturated rings. The van der Waals surface area contributed by atoms with Crippen molar-refractivity contribution in [2.75, 3.05) is 28.4 Å². The third-order valence-electron chi connectivity index (χ3n) is 8.53. The zero-order valence-electron chi connectivity index (χ0n) is 26.3. The molecule has 0 unspecified atom stereocenters. The zero-order valence-corrected chi connectivity index (χ0v) is 29.5. The Kier molecular flexibility index (Phi) is 8.25. The fourth-order valence-electron chi connectivity index (χ4n) is 6.26. The highest BCUT2D eigenvalue weighted by atomic mass is 79.9. The number of benzene rings is 4. The number of allylic oxidation sites excluding steroid dienone is 1. The molecule has 0 atom stereocenters. The molecule has 242 valence electrons. The highest BCUT2D eigenvalue weighted by molar-refractivity contribution is 9.10. The Labute approximate surface area is 293 Å². The van der Waals surface area contributed by atoms with Gasteiger partial charge in [-0.25, -0.2) is 0 Å². The maximum Gasteiger partial charge on any atom is 0.642 e. The quantitative estimate of drug-likeness (QED) is 0.148. The third kappa shape index (κ3) is 5.23. The van der Waals surface area contributed by atoms with Gasteiger partial charge in [-0.2, -0.15) is 0 Å². The first-order valence-electron chi connectivity index (χ1n) is 14.9. The molecule has 0 bridgehead atoms. The fourth-order valence-corrected chi connectivity index (χ4v) is 6.79. The number of hydrogen-bond donors (Lipinski definition) is 0. The lowest BCUT2D eigenvalue weighted by Crippen LogP contribution is -2.52. The Morgan fingerprint density at radius 2 is 1.19 bits per heavy atom. The second kappa shape index (κ2) is 12.4. The minimum atomic E-state index is -4.58. The topological polar surface area (TPSA) is 57.2 Å². The highest BCUT2D eigenvalue weighted by Gasteiger charge is 2.53. The number of aliphatic imine (C=N–C) groups is 1. The van der Waals surface area contributed by atoms with E-state index >= 15 is 8.63 Å². The predicted octanol–water partition coefficient (Wildman–Crippen LogP) is 9.25. The van der Waals surface area contributed by atoms with Crippen LogP contribution < -0.4 is 18.9 Å². The Morgan fingerprint density at radius 3 is 1.75 bits per heavy atom.